The van der Waals surface area contributed by atoms with E-state index in [0.717, 1.165) is 25.9 Å². The van der Waals surface area contributed by atoms with Crippen molar-refractivity contribution in [3.63, 3.8) is 0 Å². The summed E-state index contributed by atoms with van der Waals surface area (Å²) in [5.41, 5.74) is 2.10. The van der Waals surface area contributed by atoms with E-state index in [1.54, 1.807) is 0 Å². The third kappa shape index (κ3) is 8.95. The molecule has 0 aromatic rings. The van der Waals surface area contributed by atoms with Crippen molar-refractivity contribution < 1.29 is 9.59 Å². The normalized spacial score (nSPS) is 10.8. The molecule has 0 aliphatic rings. The fourth-order valence-electron chi connectivity index (χ4n) is 1.61. The first-order valence-electron chi connectivity index (χ1n) is 6.50. The number of amides is 2. The average Bonchev–Trinajstić information content (AvgIpc) is 2.31. The van der Waals surface area contributed by atoms with E-state index in [4.69, 9.17) is 5.84 Å². The Bertz CT molecular complexity index is 256. The van der Waals surface area contributed by atoms with E-state index in [2.05, 4.69) is 15.6 Å². The average molecular weight is 258 g/mol. The standard InChI is InChI=1S/C12H26N4O2/c1-4-16(9-12(18)14-10(2)3)8-6-5-7-11(17)15-13/h10H,4-9,13H2,1-3H3,(H,14,18)(H,15,17). The number of nitrogens with zero attached hydrogens (tertiary/aromatic N) is 1. The van der Waals surface area contributed by atoms with Gasteiger partial charge in [-0.1, -0.05) is 6.92 Å². The van der Waals surface area contributed by atoms with Gasteiger partial charge in [0.15, 0.2) is 0 Å². The van der Waals surface area contributed by atoms with Gasteiger partial charge in [0.05, 0.1) is 6.54 Å². The van der Waals surface area contributed by atoms with E-state index < -0.39 is 0 Å². The Labute approximate surface area is 109 Å². The maximum absolute atomic E-state index is 11.6. The first kappa shape index (κ1) is 16.9. The van der Waals surface area contributed by atoms with Crippen LogP contribution in [-0.4, -0.2) is 42.4 Å². The molecule has 6 nitrogen and oxygen atoms in total. The summed E-state index contributed by atoms with van der Waals surface area (Å²) in [6.45, 7) is 7.97. The summed E-state index contributed by atoms with van der Waals surface area (Å²) < 4.78 is 0. The summed E-state index contributed by atoms with van der Waals surface area (Å²) in [5, 5.41) is 2.86. The lowest BCUT2D eigenvalue weighted by atomic mass is 10.2. The van der Waals surface area contributed by atoms with E-state index in [9.17, 15) is 9.59 Å². The second-order valence-corrected chi connectivity index (χ2v) is 4.62. The van der Waals surface area contributed by atoms with Crippen LogP contribution in [-0.2, 0) is 9.59 Å². The van der Waals surface area contributed by atoms with Crippen molar-refractivity contribution in [3.05, 3.63) is 0 Å². The molecule has 6 heteroatoms. The van der Waals surface area contributed by atoms with Gasteiger partial charge in [0.1, 0.15) is 0 Å². The van der Waals surface area contributed by atoms with Crippen molar-refractivity contribution in [1.29, 1.82) is 0 Å². The Hall–Kier alpha value is -1.14. The lowest BCUT2D eigenvalue weighted by molar-refractivity contribution is -0.123. The zero-order valence-corrected chi connectivity index (χ0v) is 11.7. The third-order valence-electron chi connectivity index (χ3n) is 2.55. The van der Waals surface area contributed by atoms with Gasteiger partial charge in [0.25, 0.3) is 0 Å². The molecule has 0 aromatic heterocycles. The maximum Gasteiger partial charge on any atom is 0.234 e. The number of carbonyl (C=O) groups is 2. The maximum atomic E-state index is 11.6. The van der Waals surface area contributed by atoms with Gasteiger partial charge in [0.2, 0.25) is 11.8 Å². The highest BCUT2D eigenvalue weighted by atomic mass is 16.2. The number of hydrogen-bond donors (Lipinski definition) is 3. The molecule has 0 heterocycles. The lowest BCUT2D eigenvalue weighted by Gasteiger charge is -2.20. The van der Waals surface area contributed by atoms with E-state index in [1.807, 2.05) is 20.8 Å². The molecule has 0 unspecified atom stereocenters. The Kier molecular flexibility index (Phi) is 9.22. The van der Waals surface area contributed by atoms with Crippen LogP contribution in [0.25, 0.3) is 0 Å². The molecule has 0 saturated heterocycles. The van der Waals surface area contributed by atoms with Crippen LogP contribution in [0.15, 0.2) is 0 Å². The molecule has 0 radical (unpaired) electrons. The predicted octanol–water partition coefficient (Wildman–Crippen LogP) is -0.00690. The number of hydrogen-bond acceptors (Lipinski definition) is 4. The first-order valence-corrected chi connectivity index (χ1v) is 6.50. The predicted molar refractivity (Wildman–Crippen MR) is 71.6 cm³/mol. The van der Waals surface area contributed by atoms with Crippen LogP contribution < -0.4 is 16.6 Å². The van der Waals surface area contributed by atoms with Gasteiger partial charge >= 0.3 is 0 Å². The van der Waals surface area contributed by atoms with Crippen molar-refractivity contribution in [2.45, 2.75) is 46.1 Å². The van der Waals surface area contributed by atoms with Crippen LogP contribution in [0.2, 0.25) is 0 Å². The Morgan fingerprint density at radius 1 is 1.22 bits per heavy atom. The lowest BCUT2D eigenvalue weighted by Crippen LogP contribution is -2.40. The second-order valence-electron chi connectivity index (χ2n) is 4.62. The number of unbranched alkanes of at least 4 members (excludes halogenated alkanes) is 1. The summed E-state index contributed by atoms with van der Waals surface area (Å²) in [5.74, 6) is 4.89. The molecule has 0 saturated carbocycles. The summed E-state index contributed by atoms with van der Waals surface area (Å²) in [6, 6.07) is 0.171. The summed E-state index contributed by atoms with van der Waals surface area (Å²) >= 11 is 0. The van der Waals surface area contributed by atoms with Crippen molar-refractivity contribution in [2.75, 3.05) is 19.6 Å². The molecular weight excluding hydrogens is 232 g/mol. The SMILES string of the molecule is CCN(CCCCC(=O)NN)CC(=O)NC(C)C. The number of likely N-dealkylation sites (N-methyl/N-ethyl adjacent to an activating group) is 1. The number of rotatable bonds is 9. The largest absolute Gasteiger partial charge is 0.353 e. The molecule has 4 N–H and O–H groups in total. The van der Waals surface area contributed by atoms with E-state index in [1.165, 1.54) is 0 Å². The Balaban J connectivity index is 3.76. The van der Waals surface area contributed by atoms with Crippen LogP contribution in [0.4, 0.5) is 0 Å². The summed E-state index contributed by atoms with van der Waals surface area (Å²) in [6.07, 6.45) is 2.10. The monoisotopic (exact) mass is 258 g/mol. The van der Waals surface area contributed by atoms with Gasteiger partial charge in [0, 0.05) is 12.5 Å². The van der Waals surface area contributed by atoms with Crippen LogP contribution in [0.1, 0.15) is 40.0 Å². The molecular formula is C12H26N4O2. The van der Waals surface area contributed by atoms with Crippen LogP contribution in [0, 0.1) is 0 Å². The Morgan fingerprint density at radius 3 is 2.39 bits per heavy atom. The summed E-state index contributed by atoms with van der Waals surface area (Å²) in [7, 11) is 0. The molecule has 2 amide bonds. The van der Waals surface area contributed by atoms with Gasteiger partial charge in [-0.2, -0.15) is 0 Å². The molecule has 0 atom stereocenters. The molecule has 0 rings (SSSR count). The van der Waals surface area contributed by atoms with Gasteiger partial charge < -0.3 is 5.32 Å². The van der Waals surface area contributed by atoms with E-state index in [-0.39, 0.29) is 17.9 Å². The number of carbonyl (C=O) groups excluding carboxylic acids is 2. The minimum Gasteiger partial charge on any atom is -0.353 e. The third-order valence-corrected chi connectivity index (χ3v) is 2.55. The van der Waals surface area contributed by atoms with Crippen molar-refractivity contribution in [1.82, 2.24) is 15.6 Å². The highest BCUT2D eigenvalue weighted by Gasteiger charge is 2.09. The van der Waals surface area contributed by atoms with Crippen LogP contribution in [0.5, 0.6) is 0 Å². The molecule has 18 heavy (non-hydrogen) atoms. The highest BCUT2D eigenvalue weighted by Crippen LogP contribution is 1.99. The topological polar surface area (TPSA) is 87.5 Å². The van der Waals surface area contributed by atoms with E-state index in [0.29, 0.717) is 13.0 Å². The molecule has 0 aliphatic carbocycles. The smallest absolute Gasteiger partial charge is 0.234 e. The molecule has 0 aromatic carbocycles. The molecule has 0 fully saturated rings. The minimum absolute atomic E-state index is 0.0477. The Morgan fingerprint density at radius 2 is 1.89 bits per heavy atom. The van der Waals surface area contributed by atoms with Gasteiger partial charge in [-0.3, -0.25) is 19.9 Å². The van der Waals surface area contributed by atoms with E-state index >= 15 is 0 Å². The fraction of sp³-hybridized carbons (Fsp3) is 0.833. The van der Waals surface area contributed by atoms with Gasteiger partial charge in [-0.05, 0) is 39.8 Å². The van der Waals surface area contributed by atoms with Crippen molar-refractivity contribution in [2.24, 2.45) is 5.84 Å². The molecule has 0 aliphatic heterocycles. The quantitative estimate of drug-likeness (QED) is 0.235. The molecule has 106 valence electrons. The summed E-state index contributed by atoms with van der Waals surface area (Å²) in [4.78, 5) is 24.6. The minimum atomic E-state index is -0.143. The number of hydrazine groups is 1. The highest BCUT2D eigenvalue weighted by molar-refractivity contribution is 5.78. The fourth-order valence-corrected chi connectivity index (χ4v) is 1.61. The first-order chi connectivity index (χ1) is 8.49. The second kappa shape index (κ2) is 9.85. The van der Waals surface area contributed by atoms with Gasteiger partial charge in [-0.25, -0.2) is 5.84 Å². The zero-order valence-electron chi connectivity index (χ0n) is 11.7. The van der Waals surface area contributed by atoms with Crippen molar-refractivity contribution in [3.8, 4) is 0 Å². The molecule has 0 bridgehead atoms. The van der Waals surface area contributed by atoms with Crippen LogP contribution >= 0.6 is 0 Å². The van der Waals surface area contributed by atoms with Crippen LogP contribution in [0.3, 0.4) is 0 Å². The zero-order chi connectivity index (χ0) is 14.0. The number of nitrogens with one attached hydrogen (secondary N) is 2. The molecule has 0 spiro atoms. The van der Waals surface area contributed by atoms with Crippen molar-refractivity contribution >= 4 is 11.8 Å². The number of nitrogens with two attached hydrogens (primary N) is 1. The van der Waals surface area contributed by atoms with Gasteiger partial charge in [-0.15, -0.1) is 0 Å².